The number of nitriles is 1. The predicted octanol–water partition coefficient (Wildman–Crippen LogP) is 3.82. The van der Waals surface area contributed by atoms with Gasteiger partial charge in [0.1, 0.15) is 11.3 Å². The van der Waals surface area contributed by atoms with Crippen LogP contribution < -0.4 is 5.32 Å². The molecule has 0 unspecified atom stereocenters. The number of hydrogen-bond donors (Lipinski definition) is 1. The average Bonchev–Trinajstić information content (AvgIpc) is 2.96. The number of amides is 3. The fraction of sp³-hybridized carbons (Fsp3) is 0.467. The molecule has 1 N–H and O–H groups in total. The van der Waals surface area contributed by atoms with Crippen molar-refractivity contribution in [2.45, 2.75) is 58.1 Å². The van der Waals surface area contributed by atoms with E-state index >= 15 is 0 Å². The third-order valence-electron chi connectivity index (χ3n) is 7.18. The number of benzene rings is 1. The Morgan fingerprint density at radius 1 is 0.900 bits per heavy atom. The van der Waals surface area contributed by atoms with E-state index in [4.69, 9.17) is 10.00 Å². The molecule has 1 aromatic carbocycles. The zero-order valence-corrected chi connectivity index (χ0v) is 23.2. The Bertz CT molecular complexity index is 1280. The molecule has 210 valence electrons. The number of ether oxygens (including phenoxy) is 1. The highest BCUT2D eigenvalue weighted by atomic mass is 16.6. The van der Waals surface area contributed by atoms with E-state index in [-0.39, 0.29) is 41.3 Å². The SMILES string of the molecule is CC(C)(C)OC(=O)N1CCC(NC(=O)c2ccc(C(=O)N3CCC(C(=O)c4ccc(C#N)cc4)CC3)nc2)CC1. The Hall–Kier alpha value is -4.26. The highest BCUT2D eigenvalue weighted by Crippen LogP contribution is 2.23. The van der Waals surface area contributed by atoms with Crippen LogP contribution in [0.15, 0.2) is 42.6 Å². The summed E-state index contributed by atoms with van der Waals surface area (Å²) in [6, 6.07) is 11.7. The van der Waals surface area contributed by atoms with Gasteiger partial charge in [0, 0.05) is 49.9 Å². The first-order valence-electron chi connectivity index (χ1n) is 13.6. The second-order valence-electron chi connectivity index (χ2n) is 11.3. The van der Waals surface area contributed by atoms with Gasteiger partial charge in [-0.15, -0.1) is 0 Å². The van der Waals surface area contributed by atoms with Gasteiger partial charge in [0.2, 0.25) is 0 Å². The molecule has 2 aromatic rings. The fourth-order valence-corrected chi connectivity index (χ4v) is 4.91. The number of carbonyl (C=O) groups excluding carboxylic acids is 4. The lowest BCUT2D eigenvalue weighted by molar-refractivity contribution is 0.0199. The molecule has 40 heavy (non-hydrogen) atoms. The van der Waals surface area contributed by atoms with Crippen molar-refractivity contribution in [3.8, 4) is 6.07 Å². The molecule has 0 bridgehead atoms. The Kier molecular flexibility index (Phi) is 8.83. The van der Waals surface area contributed by atoms with E-state index in [2.05, 4.69) is 10.3 Å². The molecular formula is C30H35N5O5. The molecule has 0 atom stereocenters. The van der Waals surface area contributed by atoms with E-state index in [1.165, 1.54) is 6.20 Å². The maximum absolute atomic E-state index is 13.0. The molecule has 0 spiro atoms. The van der Waals surface area contributed by atoms with Crippen LogP contribution in [0.3, 0.4) is 0 Å². The van der Waals surface area contributed by atoms with Gasteiger partial charge >= 0.3 is 6.09 Å². The topological polar surface area (TPSA) is 133 Å². The summed E-state index contributed by atoms with van der Waals surface area (Å²) in [4.78, 5) is 58.4. The van der Waals surface area contributed by atoms with Crippen LogP contribution in [-0.2, 0) is 4.74 Å². The summed E-state index contributed by atoms with van der Waals surface area (Å²) in [7, 11) is 0. The zero-order valence-electron chi connectivity index (χ0n) is 23.2. The first-order chi connectivity index (χ1) is 19.0. The summed E-state index contributed by atoms with van der Waals surface area (Å²) in [5.41, 5.74) is 1.14. The van der Waals surface area contributed by atoms with Crippen LogP contribution in [0, 0.1) is 17.2 Å². The van der Waals surface area contributed by atoms with Crippen molar-refractivity contribution in [1.82, 2.24) is 20.1 Å². The molecule has 2 fully saturated rings. The Morgan fingerprint density at radius 2 is 1.50 bits per heavy atom. The molecule has 0 radical (unpaired) electrons. The lowest BCUT2D eigenvalue weighted by atomic mass is 9.88. The third-order valence-corrected chi connectivity index (χ3v) is 7.18. The minimum atomic E-state index is -0.550. The molecule has 0 aliphatic carbocycles. The molecule has 10 nitrogen and oxygen atoms in total. The van der Waals surface area contributed by atoms with Crippen molar-refractivity contribution < 1.29 is 23.9 Å². The van der Waals surface area contributed by atoms with Crippen LogP contribution in [0.5, 0.6) is 0 Å². The number of nitrogens with zero attached hydrogens (tertiary/aromatic N) is 4. The molecular weight excluding hydrogens is 510 g/mol. The Balaban J connectivity index is 1.24. The number of nitrogens with one attached hydrogen (secondary N) is 1. The second-order valence-corrected chi connectivity index (χ2v) is 11.3. The lowest BCUT2D eigenvalue weighted by Crippen LogP contribution is -2.47. The van der Waals surface area contributed by atoms with Crippen LogP contribution in [0.4, 0.5) is 4.79 Å². The number of hydrogen-bond acceptors (Lipinski definition) is 7. The quantitative estimate of drug-likeness (QED) is 0.565. The van der Waals surface area contributed by atoms with Crippen LogP contribution in [-0.4, -0.2) is 76.3 Å². The van der Waals surface area contributed by atoms with E-state index in [9.17, 15) is 19.2 Å². The lowest BCUT2D eigenvalue weighted by Gasteiger charge is -2.33. The molecule has 4 rings (SSSR count). The first kappa shape index (κ1) is 28.7. The van der Waals surface area contributed by atoms with Crippen molar-refractivity contribution >= 4 is 23.7 Å². The summed E-state index contributed by atoms with van der Waals surface area (Å²) in [6.45, 7) is 7.37. The number of carbonyl (C=O) groups is 4. The number of rotatable bonds is 5. The molecule has 3 amide bonds. The van der Waals surface area contributed by atoms with E-state index in [1.807, 2.05) is 26.8 Å². The highest BCUT2D eigenvalue weighted by Gasteiger charge is 2.30. The highest BCUT2D eigenvalue weighted by molar-refractivity contribution is 5.99. The summed E-state index contributed by atoms with van der Waals surface area (Å²) < 4.78 is 5.41. The molecule has 10 heteroatoms. The van der Waals surface area contributed by atoms with Gasteiger partial charge < -0.3 is 19.9 Å². The van der Waals surface area contributed by atoms with Crippen LogP contribution in [0.1, 0.15) is 83.2 Å². The van der Waals surface area contributed by atoms with Crippen molar-refractivity contribution in [2.24, 2.45) is 5.92 Å². The maximum Gasteiger partial charge on any atom is 0.410 e. The van der Waals surface area contributed by atoms with Crippen LogP contribution in [0.25, 0.3) is 0 Å². The van der Waals surface area contributed by atoms with Gasteiger partial charge in [0.05, 0.1) is 17.2 Å². The van der Waals surface area contributed by atoms with Gasteiger partial charge in [-0.05, 0) is 70.7 Å². The van der Waals surface area contributed by atoms with Gasteiger partial charge in [-0.25, -0.2) is 4.79 Å². The molecule has 2 aliphatic heterocycles. The van der Waals surface area contributed by atoms with Crippen molar-refractivity contribution in [2.75, 3.05) is 26.2 Å². The normalized spacial score (nSPS) is 16.6. The van der Waals surface area contributed by atoms with Crippen molar-refractivity contribution in [3.05, 3.63) is 65.0 Å². The minimum absolute atomic E-state index is 0.0283. The van der Waals surface area contributed by atoms with Gasteiger partial charge in [0.25, 0.3) is 11.8 Å². The summed E-state index contributed by atoms with van der Waals surface area (Å²) in [6.07, 6.45) is 3.41. The summed E-state index contributed by atoms with van der Waals surface area (Å²) in [5, 5.41) is 11.9. The summed E-state index contributed by atoms with van der Waals surface area (Å²) in [5.74, 6) is -0.650. The van der Waals surface area contributed by atoms with E-state index < -0.39 is 5.60 Å². The van der Waals surface area contributed by atoms with Crippen LogP contribution >= 0.6 is 0 Å². The predicted molar refractivity (Wildman–Crippen MR) is 147 cm³/mol. The molecule has 3 heterocycles. The number of aromatic nitrogens is 1. The standard InChI is InChI=1S/C30H35N5O5/c1-30(2,3)40-29(39)35-16-12-24(13-17-35)33-27(37)23-8-9-25(32-19-23)28(38)34-14-10-22(11-15-34)26(36)21-6-4-20(18-31)5-7-21/h4-9,19,22,24H,10-17H2,1-3H3,(H,33,37). The molecule has 0 saturated carbocycles. The zero-order chi connectivity index (χ0) is 28.9. The second kappa shape index (κ2) is 12.3. The molecule has 1 aromatic heterocycles. The number of ketones is 1. The number of piperidine rings is 2. The van der Waals surface area contributed by atoms with E-state index in [0.29, 0.717) is 68.6 Å². The monoisotopic (exact) mass is 545 g/mol. The van der Waals surface area contributed by atoms with Crippen LogP contribution in [0.2, 0.25) is 0 Å². The summed E-state index contributed by atoms with van der Waals surface area (Å²) >= 11 is 0. The third kappa shape index (κ3) is 7.23. The molecule has 2 aliphatic rings. The largest absolute Gasteiger partial charge is 0.444 e. The fourth-order valence-electron chi connectivity index (χ4n) is 4.91. The van der Waals surface area contributed by atoms with E-state index in [0.717, 1.165) is 0 Å². The van der Waals surface area contributed by atoms with Gasteiger partial charge in [-0.1, -0.05) is 12.1 Å². The smallest absolute Gasteiger partial charge is 0.410 e. The number of likely N-dealkylation sites (tertiary alicyclic amines) is 2. The van der Waals surface area contributed by atoms with E-state index in [1.54, 1.807) is 46.2 Å². The number of pyridine rings is 1. The van der Waals surface area contributed by atoms with Gasteiger partial charge in [-0.3, -0.25) is 19.4 Å². The number of Topliss-reactive ketones (excluding diaryl/α,β-unsaturated/α-hetero) is 1. The maximum atomic E-state index is 13.0. The molecule has 2 saturated heterocycles. The van der Waals surface area contributed by atoms with Gasteiger partial charge in [-0.2, -0.15) is 5.26 Å². The first-order valence-corrected chi connectivity index (χ1v) is 13.6. The Labute approximate surface area is 234 Å². The minimum Gasteiger partial charge on any atom is -0.444 e. The van der Waals surface area contributed by atoms with Crippen molar-refractivity contribution in [1.29, 1.82) is 5.26 Å². The Morgan fingerprint density at radius 3 is 2.05 bits per heavy atom. The average molecular weight is 546 g/mol. The van der Waals surface area contributed by atoms with Gasteiger partial charge in [0.15, 0.2) is 5.78 Å². The van der Waals surface area contributed by atoms with Crippen molar-refractivity contribution in [3.63, 3.8) is 0 Å².